The van der Waals surface area contributed by atoms with Gasteiger partial charge in [0, 0.05) is 12.6 Å². The molecule has 1 aromatic carbocycles. The molecule has 0 aromatic heterocycles. The van der Waals surface area contributed by atoms with Crippen LogP contribution in [0.2, 0.25) is 0 Å². The molecule has 1 amide bonds. The van der Waals surface area contributed by atoms with E-state index in [1.807, 2.05) is 0 Å². The largest absolute Gasteiger partial charge is 0.329 e. The molecular weight excluding hydrogens is 217 g/mol. The summed E-state index contributed by atoms with van der Waals surface area (Å²) in [6.07, 6.45) is -0.372. The van der Waals surface area contributed by atoms with Crippen LogP contribution in [0.15, 0.2) is 24.3 Å². The van der Waals surface area contributed by atoms with Gasteiger partial charge < -0.3 is 15.1 Å². The van der Waals surface area contributed by atoms with Crippen molar-refractivity contribution in [2.75, 3.05) is 5.32 Å². The van der Waals surface area contributed by atoms with Crippen molar-refractivity contribution < 1.29 is 19.1 Å². The molecule has 6 heteroatoms. The summed E-state index contributed by atoms with van der Waals surface area (Å²) in [5.41, 5.74) is 0.870. The molecule has 0 aliphatic heterocycles. The van der Waals surface area contributed by atoms with Crippen LogP contribution in [-0.4, -0.2) is 15.7 Å². The number of carbonyl (C=O) groups excluding carboxylic acids is 1. The average Bonchev–Trinajstić information content (AvgIpc) is 2.05. The number of hydrogen-bond donors (Lipinski definition) is 3. The second kappa shape index (κ2) is 4.57. The molecule has 82 valence electrons. The molecule has 15 heavy (non-hydrogen) atoms. The zero-order valence-corrected chi connectivity index (χ0v) is 9.07. The topological polar surface area (TPSA) is 86.6 Å². The quantitative estimate of drug-likeness (QED) is 0.682. The average molecular weight is 229 g/mol. The van der Waals surface area contributed by atoms with Crippen molar-refractivity contribution in [2.45, 2.75) is 13.1 Å². The molecule has 0 saturated heterocycles. The fraction of sp³-hybridized carbons (Fsp3) is 0.222. The molecule has 0 saturated carbocycles. The van der Waals surface area contributed by atoms with E-state index in [0.29, 0.717) is 11.3 Å². The SMILES string of the molecule is CC(=O)Nc1ccccc1CP(=O)(O)O. The predicted octanol–water partition coefficient (Wildman–Crippen LogP) is 1.32. The van der Waals surface area contributed by atoms with E-state index in [1.165, 1.54) is 6.92 Å². The van der Waals surface area contributed by atoms with Crippen LogP contribution in [0.25, 0.3) is 0 Å². The van der Waals surface area contributed by atoms with Gasteiger partial charge in [0.05, 0.1) is 6.16 Å². The molecule has 0 atom stereocenters. The highest BCUT2D eigenvalue weighted by Gasteiger charge is 2.16. The Hall–Kier alpha value is -1.16. The Morgan fingerprint density at radius 3 is 2.53 bits per heavy atom. The summed E-state index contributed by atoms with van der Waals surface area (Å²) in [5.74, 6) is -0.270. The number of amides is 1. The maximum atomic E-state index is 10.8. The van der Waals surface area contributed by atoms with Crippen LogP contribution >= 0.6 is 7.60 Å². The van der Waals surface area contributed by atoms with E-state index < -0.39 is 7.60 Å². The van der Waals surface area contributed by atoms with Crippen molar-refractivity contribution in [2.24, 2.45) is 0 Å². The molecule has 0 spiro atoms. The van der Waals surface area contributed by atoms with E-state index in [9.17, 15) is 9.36 Å². The summed E-state index contributed by atoms with van der Waals surface area (Å²) in [4.78, 5) is 28.5. The number of hydrogen-bond acceptors (Lipinski definition) is 2. The Balaban J connectivity index is 2.96. The molecule has 0 radical (unpaired) electrons. The first kappa shape index (κ1) is 11.9. The first-order valence-corrected chi connectivity index (χ1v) is 6.08. The normalized spacial score (nSPS) is 11.1. The molecule has 3 N–H and O–H groups in total. The Kier molecular flexibility index (Phi) is 3.63. The minimum atomic E-state index is -4.11. The van der Waals surface area contributed by atoms with Crippen LogP contribution in [0, 0.1) is 0 Å². The smallest absolute Gasteiger partial charge is 0.326 e. The number of rotatable bonds is 3. The number of anilines is 1. The lowest BCUT2D eigenvalue weighted by Gasteiger charge is -2.10. The van der Waals surface area contributed by atoms with Gasteiger partial charge in [-0.1, -0.05) is 18.2 Å². The lowest BCUT2D eigenvalue weighted by Crippen LogP contribution is -2.08. The van der Waals surface area contributed by atoms with Gasteiger partial charge in [-0.05, 0) is 11.6 Å². The molecular formula is C9H12NO4P. The van der Waals surface area contributed by atoms with Crippen molar-refractivity contribution in [1.29, 1.82) is 0 Å². The Labute approximate surface area is 87.3 Å². The highest BCUT2D eigenvalue weighted by atomic mass is 31.2. The van der Waals surface area contributed by atoms with Crippen LogP contribution in [0.5, 0.6) is 0 Å². The van der Waals surface area contributed by atoms with Gasteiger partial charge in [-0.25, -0.2) is 0 Å². The van der Waals surface area contributed by atoms with Crippen LogP contribution in [0.1, 0.15) is 12.5 Å². The Bertz CT molecular complexity index is 412. The third-order valence-electron chi connectivity index (χ3n) is 1.70. The van der Waals surface area contributed by atoms with Gasteiger partial charge in [0.25, 0.3) is 0 Å². The number of carbonyl (C=O) groups is 1. The fourth-order valence-electron chi connectivity index (χ4n) is 1.19. The van der Waals surface area contributed by atoms with Gasteiger partial charge in [-0.3, -0.25) is 9.36 Å². The van der Waals surface area contributed by atoms with Gasteiger partial charge >= 0.3 is 7.60 Å². The van der Waals surface area contributed by atoms with Gasteiger partial charge in [0.15, 0.2) is 0 Å². The van der Waals surface area contributed by atoms with E-state index in [0.717, 1.165) is 0 Å². The van der Waals surface area contributed by atoms with Crippen LogP contribution in [0.4, 0.5) is 5.69 Å². The zero-order chi connectivity index (χ0) is 11.5. The number of para-hydroxylation sites is 1. The molecule has 1 aromatic rings. The lowest BCUT2D eigenvalue weighted by molar-refractivity contribution is -0.114. The lowest BCUT2D eigenvalue weighted by atomic mass is 10.2. The molecule has 5 nitrogen and oxygen atoms in total. The molecule has 0 aliphatic rings. The van der Waals surface area contributed by atoms with Crippen molar-refractivity contribution in [1.82, 2.24) is 0 Å². The monoisotopic (exact) mass is 229 g/mol. The summed E-state index contributed by atoms with van der Waals surface area (Å²) < 4.78 is 10.8. The van der Waals surface area contributed by atoms with E-state index in [1.54, 1.807) is 24.3 Å². The van der Waals surface area contributed by atoms with Crippen molar-refractivity contribution in [3.63, 3.8) is 0 Å². The second-order valence-corrected chi connectivity index (χ2v) is 4.81. The molecule has 0 heterocycles. The fourth-order valence-corrected chi connectivity index (χ4v) is 1.91. The third-order valence-corrected chi connectivity index (χ3v) is 2.46. The molecule has 0 aliphatic carbocycles. The zero-order valence-electron chi connectivity index (χ0n) is 8.17. The van der Waals surface area contributed by atoms with Crippen molar-refractivity contribution in [3.05, 3.63) is 29.8 Å². The summed E-state index contributed by atoms with van der Waals surface area (Å²) >= 11 is 0. The maximum absolute atomic E-state index is 10.8. The minimum absolute atomic E-state index is 0.270. The highest BCUT2D eigenvalue weighted by molar-refractivity contribution is 7.50. The Morgan fingerprint density at radius 2 is 2.00 bits per heavy atom. The first-order chi connectivity index (χ1) is 6.88. The van der Waals surface area contributed by atoms with Crippen LogP contribution in [0.3, 0.4) is 0 Å². The predicted molar refractivity (Wildman–Crippen MR) is 56.5 cm³/mol. The summed E-state index contributed by atoms with van der Waals surface area (Å²) in [7, 11) is -4.11. The Morgan fingerprint density at radius 1 is 1.40 bits per heavy atom. The molecule has 1 rings (SSSR count). The number of benzene rings is 1. The van der Waals surface area contributed by atoms with E-state index >= 15 is 0 Å². The number of nitrogens with one attached hydrogen (secondary N) is 1. The van der Waals surface area contributed by atoms with Gasteiger partial charge in [0.2, 0.25) is 5.91 Å². The van der Waals surface area contributed by atoms with Crippen LogP contribution < -0.4 is 5.32 Å². The first-order valence-electron chi connectivity index (χ1n) is 4.28. The van der Waals surface area contributed by atoms with Crippen molar-refractivity contribution in [3.8, 4) is 0 Å². The van der Waals surface area contributed by atoms with Gasteiger partial charge in [0.1, 0.15) is 0 Å². The molecule has 0 fully saturated rings. The third kappa shape index (κ3) is 4.25. The van der Waals surface area contributed by atoms with Gasteiger partial charge in [-0.2, -0.15) is 0 Å². The summed E-state index contributed by atoms with van der Waals surface area (Å²) in [5, 5.41) is 2.51. The summed E-state index contributed by atoms with van der Waals surface area (Å²) in [6.45, 7) is 1.34. The van der Waals surface area contributed by atoms with Crippen molar-refractivity contribution >= 4 is 19.2 Å². The van der Waals surface area contributed by atoms with E-state index in [2.05, 4.69) is 5.32 Å². The maximum Gasteiger partial charge on any atom is 0.329 e. The minimum Gasteiger partial charge on any atom is -0.326 e. The van der Waals surface area contributed by atoms with E-state index in [-0.39, 0.29) is 12.1 Å². The summed E-state index contributed by atoms with van der Waals surface area (Å²) in [6, 6.07) is 6.53. The standard InChI is InChI=1S/C9H12NO4P/c1-7(11)10-9-5-3-2-4-8(9)6-15(12,13)14/h2-5H,6H2,1H3,(H,10,11)(H2,12,13,14). The molecule has 0 unspecified atom stereocenters. The molecule has 0 bridgehead atoms. The highest BCUT2D eigenvalue weighted by Crippen LogP contribution is 2.40. The van der Waals surface area contributed by atoms with Gasteiger partial charge in [-0.15, -0.1) is 0 Å². The second-order valence-electron chi connectivity index (χ2n) is 3.16. The van der Waals surface area contributed by atoms with E-state index in [4.69, 9.17) is 9.79 Å². The van der Waals surface area contributed by atoms with Crippen LogP contribution in [-0.2, 0) is 15.5 Å².